The van der Waals surface area contributed by atoms with Crippen molar-refractivity contribution in [1.29, 1.82) is 0 Å². The van der Waals surface area contributed by atoms with E-state index in [0.29, 0.717) is 0 Å². The van der Waals surface area contributed by atoms with E-state index in [2.05, 4.69) is 4.98 Å². The Kier molecular flexibility index (Phi) is 2.17. The Balaban J connectivity index is 2.92. The summed E-state index contributed by atoms with van der Waals surface area (Å²) in [6.07, 6.45) is 1.47. The minimum atomic E-state index is -1.26. The number of aromatic carboxylic acids is 1. The van der Waals surface area contributed by atoms with Gasteiger partial charge in [0.2, 0.25) is 0 Å². The van der Waals surface area contributed by atoms with Crippen LogP contribution in [0, 0.1) is 0 Å². The van der Waals surface area contributed by atoms with Crippen molar-refractivity contribution in [2.24, 2.45) is 0 Å². The van der Waals surface area contributed by atoms with Crippen LogP contribution >= 0.6 is 11.6 Å². The molecular weight excluding hydrogens is 220 g/mol. The first kappa shape index (κ1) is 9.67. The average Bonchev–Trinajstić information content (AvgIpc) is 2.19. The molecule has 0 aliphatic carbocycles. The van der Waals surface area contributed by atoms with Gasteiger partial charge in [0, 0.05) is 12.3 Å². The lowest BCUT2D eigenvalue weighted by molar-refractivity contribution is 0.0690. The monoisotopic (exact) mass is 224 g/mol. The van der Waals surface area contributed by atoms with E-state index >= 15 is 0 Å². The Morgan fingerprint density at radius 1 is 1.53 bits per heavy atom. The van der Waals surface area contributed by atoms with E-state index < -0.39 is 11.5 Å². The highest BCUT2D eigenvalue weighted by Crippen LogP contribution is 2.12. The number of hydrogen-bond acceptors (Lipinski definition) is 3. The number of nitrogens with zero attached hydrogens (tertiary/aromatic N) is 2. The molecule has 0 atom stereocenters. The molecule has 2 aromatic heterocycles. The molecule has 0 aromatic carbocycles. The van der Waals surface area contributed by atoms with Crippen molar-refractivity contribution in [1.82, 2.24) is 9.38 Å². The Hall–Kier alpha value is -1.88. The quantitative estimate of drug-likeness (QED) is 0.786. The van der Waals surface area contributed by atoms with Gasteiger partial charge >= 0.3 is 5.97 Å². The van der Waals surface area contributed by atoms with Gasteiger partial charge in [0.05, 0.1) is 5.02 Å². The van der Waals surface area contributed by atoms with Crippen LogP contribution in [0.5, 0.6) is 0 Å². The highest BCUT2D eigenvalue weighted by molar-refractivity contribution is 6.33. The second-order valence-corrected chi connectivity index (χ2v) is 3.24. The van der Waals surface area contributed by atoms with Gasteiger partial charge in [-0.1, -0.05) is 11.6 Å². The summed E-state index contributed by atoms with van der Waals surface area (Å²) in [5, 5.41) is 8.94. The molecule has 0 unspecified atom stereocenters. The Labute approximate surface area is 88.6 Å². The minimum absolute atomic E-state index is 0.143. The molecule has 5 nitrogen and oxygen atoms in total. The third-order valence-electron chi connectivity index (χ3n) is 1.86. The van der Waals surface area contributed by atoms with Gasteiger partial charge in [0.15, 0.2) is 11.3 Å². The standard InChI is InChI=1S/C9H5ClN2O3/c10-5-2-1-3-12-7(13)4-6(9(14)15)11-8(5)12/h1-4H,(H,14,15). The molecule has 2 rings (SSSR count). The van der Waals surface area contributed by atoms with Crippen molar-refractivity contribution in [3.8, 4) is 0 Å². The lowest BCUT2D eigenvalue weighted by Crippen LogP contribution is -2.17. The Morgan fingerprint density at radius 2 is 2.27 bits per heavy atom. The zero-order chi connectivity index (χ0) is 11.0. The van der Waals surface area contributed by atoms with Gasteiger partial charge in [-0.15, -0.1) is 0 Å². The molecule has 0 bridgehead atoms. The second-order valence-electron chi connectivity index (χ2n) is 2.83. The molecule has 6 heteroatoms. The fourth-order valence-corrected chi connectivity index (χ4v) is 1.41. The highest BCUT2D eigenvalue weighted by atomic mass is 35.5. The molecule has 0 saturated carbocycles. The van der Waals surface area contributed by atoms with E-state index in [1.807, 2.05) is 0 Å². The van der Waals surface area contributed by atoms with Crippen LogP contribution in [-0.4, -0.2) is 20.5 Å². The zero-order valence-corrected chi connectivity index (χ0v) is 8.10. The topological polar surface area (TPSA) is 71.7 Å². The molecule has 0 radical (unpaired) electrons. The predicted octanol–water partition coefficient (Wildman–Crippen LogP) is 1.05. The first-order valence-corrected chi connectivity index (χ1v) is 4.38. The number of aromatic nitrogens is 2. The lowest BCUT2D eigenvalue weighted by atomic mass is 10.4. The molecule has 2 heterocycles. The third-order valence-corrected chi connectivity index (χ3v) is 2.16. The van der Waals surface area contributed by atoms with Gasteiger partial charge in [-0.05, 0) is 12.1 Å². The summed E-state index contributed by atoms with van der Waals surface area (Å²) >= 11 is 5.79. The smallest absolute Gasteiger partial charge is 0.354 e. The van der Waals surface area contributed by atoms with E-state index in [1.165, 1.54) is 16.7 Å². The molecule has 1 N–H and O–H groups in total. The van der Waals surface area contributed by atoms with Crippen LogP contribution in [-0.2, 0) is 0 Å². The molecule has 0 saturated heterocycles. The second kappa shape index (κ2) is 3.36. The van der Waals surface area contributed by atoms with Gasteiger partial charge in [-0.2, -0.15) is 0 Å². The number of carboxylic acid groups (broad SMARTS) is 1. The zero-order valence-electron chi connectivity index (χ0n) is 7.35. The van der Waals surface area contributed by atoms with Crippen molar-refractivity contribution in [3.05, 3.63) is 45.5 Å². The van der Waals surface area contributed by atoms with E-state index in [1.54, 1.807) is 6.07 Å². The van der Waals surface area contributed by atoms with Crippen molar-refractivity contribution >= 4 is 23.2 Å². The van der Waals surface area contributed by atoms with Gasteiger partial charge in [0.25, 0.3) is 5.56 Å². The SMILES string of the molecule is O=C(O)c1cc(=O)n2cccc(Cl)c2n1. The maximum atomic E-state index is 11.5. The van der Waals surface area contributed by atoms with Crippen LogP contribution in [0.2, 0.25) is 5.02 Å². The van der Waals surface area contributed by atoms with E-state index in [0.717, 1.165) is 6.07 Å². The molecule has 0 aliphatic heterocycles. The molecule has 0 aliphatic rings. The van der Waals surface area contributed by atoms with Crippen LogP contribution in [0.3, 0.4) is 0 Å². The molecule has 76 valence electrons. The number of fused-ring (bicyclic) bond motifs is 1. The fraction of sp³-hybridized carbons (Fsp3) is 0. The fourth-order valence-electron chi connectivity index (χ4n) is 1.20. The maximum absolute atomic E-state index is 11.5. The van der Waals surface area contributed by atoms with Crippen molar-refractivity contribution < 1.29 is 9.90 Å². The normalized spacial score (nSPS) is 10.5. The first-order valence-electron chi connectivity index (χ1n) is 4.01. The van der Waals surface area contributed by atoms with Gasteiger partial charge < -0.3 is 5.11 Å². The molecule has 0 spiro atoms. The number of rotatable bonds is 1. The minimum Gasteiger partial charge on any atom is -0.477 e. The predicted molar refractivity (Wildman–Crippen MR) is 53.4 cm³/mol. The van der Waals surface area contributed by atoms with Crippen LogP contribution in [0.4, 0.5) is 0 Å². The van der Waals surface area contributed by atoms with E-state index in [4.69, 9.17) is 16.7 Å². The van der Waals surface area contributed by atoms with Gasteiger partial charge in [-0.25, -0.2) is 9.78 Å². The number of halogens is 1. The molecule has 0 amide bonds. The maximum Gasteiger partial charge on any atom is 0.354 e. The van der Waals surface area contributed by atoms with Crippen LogP contribution in [0.1, 0.15) is 10.5 Å². The summed E-state index contributed by atoms with van der Waals surface area (Å²) in [7, 11) is 0. The third kappa shape index (κ3) is 1.57. The van der Waals surface area contributed by atoms with E-state index in [9.17, 15) is 9.59 Å². The molecule has 15 heavy (non-hydrogen) atoms. The number of carbonyl (C=O) groups is 1. The van der Waals surface area contributed by atoms with Crippen LogP contribution < -0.4 is 5.56 Å². The number of carboxylic acids is 1. The summed E-state index contributed by atoms with van der Waals surface area (Å²) in [6, 6.07) is 4.07. The number of hydrogen-bond donors (Lipinski definition) is 1. The number of pyridine rings is 1. The van der Waals surface area contributed by atoms with Gasteiger partial charge in [0.1, 0.15) is 0 Å². The largest absolute Gasteiger partial charge is 0.477 e. The molecular formula is C9H5ClN2O3. The van der Waals surface area contributed by atoms with Crippen molar-refractivity contribution in [2.45, 2.75) is 0 Å². The average molecular weight is 225 g/mol. The highest BCUT2D eigenvalue weighted by Gasteiger charge is 2.09. The van der Waals surface area contributed by atoms with Crippen molar-refractivity contribution in [2.75, 3.05) is 0 Å². The first-order chi connectivity index (χ1) is 7.09. The Morgan fingerprint density at radius 3 is 2.93 bits per heavy atom. The summed E-state index contributed by atoms with van der Waals surface area (Å²) < 4.78 is 1.19. The van der Waals surface area contributed by atoms with Crippen molar-refractivity contribution in [3.63, 3.8) is 0 Å². The summed E-state index contributed by atoms with van der Waals surface area (Å²) in [5.74, 6) is -1.26. The molecule has 2 aromatic rings. The van der Waals surface area contributed by atoms with E-state index in [-0.39, 0.29) is 16.4 Å². The summed E-state index contributed by atoms with van der Waals surface area (Å²) in [5.41, 5.74) is -0.642. The lowest BCUT2D eigenvalue weighted by Gasteiger charge is -2.01. The summed E-state index contributed by atoms with van der Waals surface area (Å²) in [4.78, 5) is 25.9. The summed E-state index contributed by atoms with van der Waals surface area (Å²) in [6.45, 7) is 0. The van der Waals surface area contributed by atoms with Gasteiger partial charge in [-0.3, -0.25) is 9.20 Å². The molecule has 0 fully saturated rings. The van der Waals surface area contributed by atoms with Crippen LogP contribution in [0.15, 0.2) is 29.2 Å². The Bertz CT molecular complexity index is 606. The van der Waals surface area contributed by atoms with Crippen LogP contribution in [0.25, 0.3) is 5.65 Å².